The molecule has 0 bridgehead atoms. The van der Waals surface area contributed by atoms with Crippen molar-refractivity contribution in [1.29, 1.82) is 0 Å². The fourth-order valence-electron chi connectivity index (χ4n) is 4.46. The SMILES string of the molecule is C=CCCCCCN(N)C1=C(N)C2C=CC=CC2N(C(=C)CCC)c2ccccc21. The minimum atomic E-state index is 0.0535. The molecule has 2 aliphatic rings. The standard InChI is InChI=1S/C26H36N4/c1-4-6-7-8-13-19-29(28)26-22-16-10-12-18-24(22)30(20(3)14-5-2)23-17-11-9-15-21(23)25(26)27/h4,9-12,15-18,21,23H,1,3,5-8,13-14,19,27-28H2,2H3. The van der Waals surface area contributed by atoms with Gasteiger partial charge in [0.1, 0.15) is 0 Å². The number of hydrazine groups is 1. The van der Waals surface area contributed by atoms with E-state index >= 15 is 0 Å². The lowest BCUT2D eigenvalue weighted by molar-refractivity contribution is 0.394. The molecule has 1 aliphatic carbocycles. The predicted molar refractivity (Wildman–Crippen MR) is 129 cm³/mol. The van der Waals surface area contributed by atoms with Gasteiger partial charge in [0.25, 0.3) is 0 Å². The van der Waals surface area contributed by atoms with Gasteiger partial charge in [0.05, 0.1) is 17.4 Å². The highest BCUT2D eigenvalue weighted by molar-refractivity contribution is 5.81. The van der Waals surface area contributed by atoms with Crippen LogP contribution in [0.15, 0.2) is 79.2 Å². The Bertz CT molecular complexity index is 848. The lowest BCUT2D eigenvalue weighted by Crippen LogP contribution is -2.40. The number of benzene rings is 1. The van der Waals surface area contributed by atoms with Gasteiger partial charge >= 0.3 is 0 Å². The van der Waals surface area contributed by atoms with E-state index in [1.807, 2.05) is 11.1 Å². The fourth-order valence-corrected chi connectivity index (χ4v) is 4.46. The van der Waals surface area contributed by atoms with Gasteiger partial charge < -0.3 is 15.6 Å². The van der Waals surface area contributed by atoms with Crippen molar-refractivity contribution >= 4 is 11.4 Å². The summed E-state index contributed by atoms with van der Waals surface area (Å²) in [5, 5.41) is 1.86. The van der Waals surface area contributed by atoms with Crippen molar-refractivity contribution in [3.05, 3.63) is 84.8 Å². The molecule has 30 heavy (non-hydrogen) atoms. The number of hydrogen-bond donors (Lipinski definition) is 2. The number of nitrogens with two attached hydrogens (primary N) is 2. The fraction of sp³-hybridized carbons (Fsp3) is 0.385. The number of unbranched alkanes of at least 4 members (excludes halogenated alkanes) is 3. The first-order valence-corrected chi connectivity index (χ1v) is 11.1. The number of anilines is 1. The molecule has 1 heterocycles. The molecule has 0 aromatic heterocycles. The van der Waals surface area contributed by atoms with Gasteiger partial charge in [-0.25, -0.2) is 5.84 Å². The number of fused-ring (bicyclic) bond motifs is 2. The van der Waals surface area contributed by atoms with Gasteiger partial charge in [-0.15, -0.1) is 6.58 Å². The molecule has 2 unspecified atom stereocenters. The Labute approximate surface area is 181 Å². The van der Waals surface area contributed by atoms with E-state index in [2.05, 4.69) is 73.6 Å². The van der Waals surface area contributed by atoms with Crippen LogP contribution in [0.25, 0.3) is 5.70 Å². The van der Waals surface area contributed by atoms with Crippen molar-refractivity contribution in [1.82, 2.24) is 5.01 Å². The summed E-state index contributed by atoms with van der Waals surface area (Å²) in [4.78, 5) is 2.36. The molecule has 1 aromatic rings. The van der Waals surface area contributed by atoms with Gasteiger partial charge in [0.15, 0.2) is 0 Å². The number of allylic oxidation sites excluding steroid dienone is 4. The molecule has 0 radical (unpaired) electrons. The van der Waals surface area contributed by atoms with Crippen LogP contribution in [0.2, 0.25) is 0 Å². The van der Waals surface area contributed by atoms with E-state index in [0.29, 0.717) is 0 Å². The lowest BCUT2D eigenvalue weighted by Gasteiger charge is -2.37. The van der Waals surface area contributed by atoms with Gasteiger partial charge in [0.2, 0.25) is 0 Å². The van der Waals surface area contributed by atoms with Crippen LogP contribution in [-0.2, 0) is 0 Å². The van der Waals surface area contributed by atoms with Gasteiger partial charge in [-0.3, -0.25) is 0 Å². The minimum Gasteiger partial charge on any atom is -0.400 e. The van der Waals surface area contributed by atoms with Gasteiger partial charge in [0, 0.05) is 29.4 Å². The summed E-state index contributed by atoms with van der Waals surface area (Å²) in [5.74, 6) is 6.69. The van der Waals surface area contributed by atoms with Crippen molar-refractivity contribution < 1.29 is 0 Å². The number of hydrogen-bond acceptors (Lipinski definition) is 4. The highest BCUT2D eigenvalue weighted by Crippen LogP contribution is 2.42. The minimum absolute atomic E-state index is 0.0535. The van der Waals surface area contributed by atoms with Crippen molar-refractivity contribution in [3.8, 4) is 0 Å². The number of nitrogens with zero attached hydrogens (tertiary/aromatic N) is 2. The first-order chi connectivity index (χ1) is 14.6. The number of rotatable bonds is 10. The highest BCUT2D eigenvalue weighted by atomic mass is 15.4. The first kappa shape index (κ1) is 22.0. The molecule has 0 spiro atoms. The molecule has 1 aliphatic heterocycles. The Hall–Kier alpha value is -2.72. The maximum atomic E-state index is 6.84. The second-order valence-corrected chi connectivity index (χ2v) is 8.12. The molecule has 0 fully saturated rings. The molecule has 0 amide bonds. The molecule has 3 rings (SSSR count). The second-order valence-electron chi connectivity index (χ2n) is 8.12. The Morgan fingerprint density at radius 1 is 1.17 bits per heavy atom. The van der Waals surface area contributed by atoms with E-state index < -0.39 is 0 Å². The molecule has 160 valence electrons. The highest BCUT2D eigenvalue weighted by Gasteiger charge is 2.36. The Balaban J connectivity index is 2.01. The van der Waals surface area contributed by atoms with Crippen LogP contribution < -0.4 is 16.5 Å². The molecule has 4 nitrogen and oxygen atoms in total. The van der Waals surface area contributed by atoms with Gasteiger partial charge in [-0.05, 0) is 31.7 Å². The Morgan fingerprint density at radius 3 is 2.70 bits per heavy atom. The predicted octanol–water partition coefficient (Wildman–Crippen LogP) is 5.48. The van der Waals surface area contributed by atoms with Crippen molar-refractivity contribution in [2.45, 2.75) is 51.5 Å². The average molecular weight is 405 g/mol. The smallest absolute Gasteiger partial charge is 0.0804 e. The second kappa shape index (κ2) is 10.4. The van der Waals surface area contributed by atoms with Crippen LogP contribution in [0.1, 0.15) is 51.0 Å². The maximum absolute atomic E-state index is 6.84. The van der Waals surface area contributed by atoms with Crippen LogP contribution in [-0.4, -0.2) is 17.6 Å². The first-order valence-electron chi connectivity index (χ1n) is 11.1. The van der Waals surface area contributed by atoms with Crippen molar-refractivity contribution in [2.24, 2.45) is 17.5 Å². The van der Waals surface area contributed by atoms with Crippen LogP contribution in [0.5, 0.6) is 0 Å². The molecular formula is C26H36N4. The van der Waals surface area contributed by atoms with E-state index in [0.717, 1.165) is 73.4 Å². The third kappa shape index (κ3) is 4.54. The van der Waals surface area contributed by atoms with E-state index in [1.54, 1.807) is 0 Å². The van der Waals surface area contributed by atoms with Gasteiger partial charge in [-0.1, -0.05) is 74.9 Å². The normalized spacial score (nSPS) is 19.9. The van der Waals surface area contributed by atoms with Crippen molar-refractivity contribution in [3.63, 3.8) is 0 Å². The molecule has 0 saturated heterocycles. The molecule has 4 heteroatoms. The van der Waals surface area contributed by atoms with Crippen LogP contribution in [0.4, 0.5) is 5.69 Å². The van der Waals surface area contributed by atoms with E-state index in [1.165, 1.54) is 0 Å². The summed E-state index contributed by atoms with van der Waals surface area (Å²) >= 11 is 0. The van der Waals surface area contributed by atoms with Crippen LogP contribution in [0.3, 0.4) is 0 Å². The quantitative estimate of drug-likeness (QED) is 0.235. The zero-order valence-electron chi connectivity index (χ0n) is 18.3. The van der Waals surface area contributed by atoms with E-state index in [4.69, 9.17) is 11.6 Å². The molecule has 2 atom stereocenters. The largest absolute Gasteiger partial charge is 0.400 e. The lowest BCUT2D eigenvalue weighted by atomic mass is 9.90. The summed E-state index contributed by atoms with van der Waals surface area (Å²) in [7, 11) is 0. The molecule has 4 N–H and O–H groups in total. The third-order valence-corrected chi connectivity index (χ3v) is 5.93. The molecule has 0 saturated carbocycles. The van der Waals surface area contributed by atoms with E-state index in [9.17, 15) is 0 Å². The zero-order chi connectivity index (χ0) is 21.5. The van der Waals surface area contributed by atoms with E-state index in [-0.39, 0.29) is 12.0 Å². The maximum Gasteiger partial charge on any atom is 0.0804 e. The third-order valence-electron chi connectivity index (χ3n) is 5.93. The monoisotopic (exact) mass is 404 g/mol. The summed E-state index contributed by atoms with van der Waals surface area (Å²) in [6.45, 7) is 11.2. The average Bonchev–Trinajstić information content (AvgIpc) is 2.86. The summed E-state index contributed by atoms with van der Waals surface area (Å²) in [6.07, 6.45) is 16.9. The summed E-state index contributed by atoms with van der Waals surface area (Å²) in [6, 6.07) is 8.54. The topological polar surface area (TPSA) is 58.5 Å². The van der Waals surface area contributed by atoms with Crippen LogP contribution >= 0.6 is 0 Å². The summed E-state index contributed by atoms with van der Waals surface area (Å²) < 4.78 is 0. The van der Waals surface area contributed by atoms with Gasteiger partial charge in [-0.2, -0.15) is 0 Å². The van der Waals surface area contributed by atoms with Crippen molar-refractivity contribution in [2.75, 3.05) is 11.4 Å². The summed E-state index contributed by atoms with van der Waals surface area (Å²) in [5.41, 5.74) is 11.9. The van der Waals surface area contributed by atoms with Crippen LogP contribution in [0, 0.1) is 5.92 Å². The zero-order valence-corrected chi connectivity index (χ0v) is 18.3. The Kier molecular flexibility index (Phi) is 7.58. The number of para-hydroxylation sites is 1. The molecular weight excluding hydrogens is 368 g/mol. The Morgan fingerprint density at radius 2 is 1.93 bits per heavy atom. The molecule has 1 aromatic carbocycles.